The van der Waals surface area contributed by atoms with Crippen LogP contribution in [0.15, 0.2) is 24.3 Å². The molecule has 1 N–H and O–H groups in total. The van der Waals surface area contributed by atoms with Crippen molar-refractivity contribution in [2.24, 2.45) is 0 Å². The van der Waals surface area contributed by atoms with Crippen molar-refractivity contribution in [3.05, 3.63) is 30.1 Å². The quantitative estimate of drug-likeness (QED) is 0.762. The van der Waals surface area contributed by atoms with Crippen molar-refractivity contribution in [1.82, 2.24) is 5.32 Å². The number of anilines is 1. The van der Waals surface area contributed by atoms with Gasteiger partial charge in [0.2, 0.25) is 0 Å². The van der Waals surface area contributed by atoms with Gasteiger partial charge in [-0.1, -0.05) is 19.1 Å². The van der Waals surface area contributed by atoms with Crippen LogP contribution in [-0.4, -0.2) is 25.7 Å². The summed E-state index contributed by atoms with van der Waals surface area (Å²) < 4.78 is 13.7. The highest BCUT2D eigenvalue weighted by Gasteiger charge is 2.09. The van der Waals surface area contributed by atoms with Crippen LogP contribution in [0.5, 0.6) is 0 Å². The zero-order valence-electron chi connectivity index (χ0n) is 11.7. The van der Waals surface area contributed by atoms with Gasteiger partial charge in [0.25, 0.3) is 0 Å². The first-order valence-electron chi connectivity index (χ1n) is 6.91. The van der Waals surface area contributed by atoms with Crippen LogP contribution in [0.25, 0.3) is 0 Å². The third kappa shape index (κ3) is 4.65. The predicted octanol–water partition coefficient (Wildman–Crippen LogP) is 3.43. The summed E-state index contributed by atoms with van der Waals surface area (Å²) in [6.45, 7) is 9.15. The van der Waals surface area contributed by atoms with Crippen molar-refractivity contribution < 1.29 is 4.39 Å². The molecule has 0 radical (unpaired) electrons. The average molecular weight is 252 g/mol. The number of rotatable bonds is 8. The second-order valence-corrected chi connectivity index (χ2v) is 4.63. The molecule has 1 atom stereocenters. The highest BCUT2D eigenvalue weighted by molar-refractivity contribution is 5.47. The Kier molecular flexibility index (Phi) is 6.73. The fourth-order valence-electron chi connectivity index (χ4n) is 2.20. The maximum atomic E-state index is 13.7. The summed E-state index contributed by atoms with van der Waals surface area (Å²) in [5.41, 5.74) is 0.719. The van der Waals surface area contributed by atoms with E-state index >= 15 is 0 Å². The molecule has 0 aromatic heterocycles. The Labute approximate surface area is 110 Å². The molecule has 0 heterocycles. The van der Waals surface area contributed by atoms with E-state index in [1.807, 2.05) is 12.1 Å². The van der Waals surface area contributed by atoms with E-state index in [1.165, 1.54) is 6.07 Å². The lowest BCUT2D eigenvalue weighted by Crippen LogP contribution is -2.29. The molecule has 102 valence electrons. The van der Waals surface area contributed by atoms with Crippen molar-refractivity contribution in [1.29, 1.82) is 0 Å². The van der Waals surface area contributed by atoms with Crippen LogP contribution >= 0.6 is 0 Å². The molecule has 0 aliphatic carbocycles. The molecule has 3 heteroatoms. The van der Waals surface area contributed by atoms with Crippen LogP contribution < -0.4 is 10.2 Å². The number of halogens is 1. The van der Waals surface area contributed by atoms with E-state index < -0.39 is 0 Å². The molecule has 0 aliphatic rings. The summed E-state index contributed by atoms with van der Waals surface area (Å²) >= 11 is 0. The van der Waals surface area contributed by atoms with E-state index in [0.717, 1.165) is 38.2 Å². The molecule has 18 heavy (non-hydrogen) atoms. The molecular formula is C15H25FN2. The minimum Gasteiger partial charge on any atom is -0.369 e. The van der Waals surface area contributed by atoms with Crippen molar-refractivity contribution in [3.63, 3.8) is 0 Å². The highest BCUT2D eigenvalue weighted by Crippen LogP contribution is 2.18. The van der Waals surface area contributed by atoms with Gasteiger partial charge >= 0.3 is 0 Å². The second kappa shape index (κ2) is 8.09. The predicted molar refractivity (Wildman–Crippen MR) is 76.7 cm³/mol. The van der Waals surface area contributed by atoms with Crippen LogP contribution in [0, 0.1) is 5.82 Å². The van der Waals surface area contributed by atoms with E-state index in [2.05, 4.69) is 31.0 Å². The van der Waals surface area contributed by atoms with Gasteiger partial charge < -0.3 is 10.2 Å². The van der Waals surface area contributed by atoms with E-state index in [4.69, 9.17) is 0 Å². The first-order chi connectivity index (χ1) is 8.69. The van der Waals surface area contributed by atoms with Gasteiger partial charge in [-0.2, -0.15) is 0 Å². The lowest BCUT2D eigenvalue weighted by Gasteiger charge is -2.24. The van der Waals surface area contributed by atoms with Crippen LogP contribution in [0.3, 0.4) is 0 Å². The van der Waals surface area contributed by atoms with Gasteiger partial charge in [-0.05, 0) is 45.4 Å². The molecule has 1 aromatic carbocycles. The minimum absolute atomic E-state index is 0.126. The maximum Gasteiger partial charge on any atom is 0.146 e. The maximum absolute atomic E-state index is 13.7. The van der Waals surface area contributed by atoms with Gasteiger partial charge in [-0.15, -0.1) is 0 Å². The summed E-state index contributed by atoms with van der Waals surface area (Å²) in [6.07, 6.45) is 2.20. The zero-order chi connectivity index (χ0) is 13.4. The summed E-state index contributed by atoms with van der Waals surface area (Å²) in [7, 11) is 0. The summed E-state index contributed by atoms with van der Waals surface area (Å²) in [5, 5.41) is 3.40. The van der Waals surface area contributed by atoms with E-state index in [0.29, 0.717) is 6.04 Å². The molecule has 0 amide bonds. The fraction of sp³-hybridized carbons (Fsp3) is 0.600. The highest BCUT2D eigenvalue weighted by atomic mass is 19.1. The summed E-state index contributed by atoms with van der Waals surface area (Å²) in [6, 6.07) is 7.54. The van der Waals surface area contributed by atoms with E-state index in [-0.39, 0.29) is 5.82 Å². The van der Waals surface area contributed by atoms with Crippen LogP contribution in [0.2, 0.25) is 0 Å². The number of hydrogen-bond acceptors (Lipinski definition) is 2. The summed E-state index contributed by atoms with van der Waals surface area (Å²) in [4.78, 5) is 2.11. The van der Waals surface area contributed by atoms with Gasteiger partial charge in [-0.25, -0.2) is 4.39 Å². The normalized spacial score (nSPS) is 12.4. The Hall–Kier alpha value is -1.09. The molecular weight excluding hydrogens is 227 g/mol. The largest absolute Gasteiger partial charge is 0.369 e. The van der Waals surface area contributed by atoms with Crippen LogP contribution in [-0.2, 0) is 0 Å². The van der Waals surface area contributed by atoms with Gasteiger partial charge in [0, 0.05) is 19.1 Å². The fourth-order valence-corrected chi connectivity index (χ4v) is 2.20. The number of nitrogens with one attached hydrogen (secondary N) is 1. The standard InChI is InChI=1S/C15H25FN2/c1-4-17-13(3)9-8-12-18(5-2)15-11-7-6-10-14(15)16/h6-7,10-11,13,17H,4-5,8-9,12H2,1-3H3. The Morgan fingerprint density at radius 1 is 1.28 bits per heavy atom. The van der Waals surface area contributed by atoms with E-state index in [1.54, 1.807) is 6.07 Å². The van der Waals surface area contributed by atoms with Gasteiger partial charge in [-0.3, -0.25) is 0 Å². The van der Waals surface area contributed by atoms with Gasteiger partial charge in [0.05, 0.1) is 5.69 Å². The first kappa shape index (κ1) is 15.0. The third-order valence-electron chi connectivity index (χ3n) is 3.19. The molecule has 0 spiro atoms. The lowest BCUT2D eigenvalue weighted by atomic mass is 10.1. The molecule has 1 unspecified atom stereocenters. The first-order valence-corrected chi connectivity index (χ1v) is 6.91. The Morgan fingerprint density at radius 2 is 2.00 bits per heavy atom. The molecule has 0 fully saturated rings. The molecule has 0 saturated carbocycles. The van der Waals surface area contributed by atoms with Crippen molar-refractivity contribution in [2.75, 3.05) is 24.5 Å². The summed E-state index contributed by atoms with van der Waals surface area (Å²) in [5.74, 6) is -0.126. The third-order valence-corrected chi connectivity index (χ3v) is 3.19. The van der Waals surface area contributed by atoms with Crippen molar-refractivity contribution in [2.45, 2.75) is 39.7 Å². The van der Waals surface area contributed by atoms with E-state index in [9.17, 15) is 4.39 Å². The Morgan fingerprint density at radius 3 is 2.61 bits per heavy atom. The number of benzene rings is 1. The van der Waals surface area contributed by atoms with Crippen molar-refractivity contribution >= 4 is 5.69 Å². The van der Waals surface area contributed by atoms with Crippen LogP contribution in [0.1, 0.15) is 33.6 Å². The Bertz CT molecular complexity index is 341. The molecule has 0 aliphatic heterocycles. The zero-order valence-corrected chi connectivity index (χ0v) is 11.7. The molecule has 1 aromatic rings. The topological polar surface area (TPSA) is 15.3 Å². The molecule has 2 nitrogen and oxygen atoms in total. The van der Waals surface area contributed by atoms with Gasteiger partial charge in [0.15, 0.2) is 0 Å². The molecule has 0 saturated heterocycles. The minimum atomic E-state index is -0.126. The molecule has 0 bridgehead atoms. The van der Waals surface area contributed by atoms with Crippen LogP contribution in [0.4, 0.5) is 10.1 Å². The SMILES string of the molecule is CCNC(C)CCCN(CC)c1ccccc1F. The lowest BCUT2D eigenvalue weighted by molar-refractivity contribution is 0.509. The Balaban J connectivity index is 2.46. The number of nitrogens with zero attached hydrogens (tertiary/aromatic N) is 1. The van der Waals surface area contributed by atoms with Crippen molar-refractivity contribution in [3.8, 4) is 0 Å². The average Bonchev–Trinajstić information content (AvgIpc) is 2.36. The second-order valence-electron chi connectivity index (χ2n) is 4.63. The monoisotopic (exact) mass is 252 g/mol. The number of para-hydroxylation sites is 1. The number of hydrogen-bond donors (Lipinski definition) is 1. The molecule has 1 rings (SSSR count). The smallest absolute Gasteiger partial charge is 0.146 e. The van der Waals surface area contributed by atoms with Gasteiger partial charge in [0.1, 0.15) is 5.82 Å².